The molecule has 6 heteroatoms. The number of amides is 1. The van der Waals surface area contributed by atoms with E-state index in [0.717, 1.165) is 23.0 Å². The van der Waals surface area contributed by atoms with Gasteiger partial charge in [0.05, 0.1) is 5.69 Å². The van der Waals surface area contributed by atoms with Crippen LogP contribution in [0, 0.1) is 6.92 Å². The lowest BCUT2D eigenvalue weighted by molar-refractivity contribution is -0.122. The molecule has 0 fully saturated rings. The van der Waals surface area contributed by atoms with Crippen molar-refractivity contribution in [1.29, 1.82) is 0 Å². The molecule has 0 saturated carbocycles. The Bertz CT molecular complexity index is 1100. The molecule has 0 spiro atoms. The predicted molar refractivity (Wildman–Crippen MR) is 113 cm³/mol. The Morgan fingerprint density at radius 2 is 1.66 bits per heavy atom. The summed E-state index contributed by atoms with van der Waals surface area (Å²) >= 11 is 0. The van der Waals surface area contributed by atoms with Crippen LogP contribution in [-0.2, 0) is 17.8 Å². The SMILES string of the molecule is Cc1ccccc1-n1ccn(CC(=O)N[C@H](C)CCc2ccccc2)c(=O)c1=O. The number of rotatable bonds is 7. The zero-order valence-electron chi connectivity index (χ0n) is 16.7. The molecule has 1 aromatic heterocycles. The van der Waals surface area contributed by atoms with Crippen LogP contribution in [0.4, 0.5) is 0 Å². The fraction of sp³-hybridized carbons (Fsp3) is 0.261. The first-order chi connectivity index (χ1) is 14.0. The van der Waals surface area contributed by atoms with Gasteiger partial charge in [0.15, 0.2) is 0 Å². The van der Waals surface area contributed by atoms with Crippen molar-refractivity contribution in [2.24, 2.45) is 0 Å². The van der Waals surface area contributed by atoms with Crippen molar-refractivity contribution in [2.45, 2.75) is 39.3 Å². The number of carbonyl (C=O) groups is 1. The largest absolute Gasteiger partial charge is 0.352 e. The maximum absolute atomic E-state index is 12.5. The van der Waals surface area contributed by atoms with Gasteiger partial charge in [-0.25, -0.2) is 0 Å². The molecular weight excluding hydrogens is 366 g/mol. The summed E-state index contributed by atoms with van der Waals surface area (Å²) in [5.74, 6) is -0.291. The molecule has 150 valence electrons. The summed E-state index contributed by atoms with van der Waals surface area (Å²) in [7, 11) is 0. The van der Waals surface area contributed by atoms with Crippen LogP contribution in [0.15, 0.2) is 76.6 Å². The Labute approximate surface area is 169 Å². The smallest absolute Gasteiger partial charge is 0.320 e. The lowest BCUT2D eigenvalue weighted by Gasteiger charge is -2.15. The second-order valence-corrected chi connectivity index (χ2v) is 7.19. The van der Waals surface area contributed by atoms with Gasteiger partial charge in [-0.3, -0.25) is 23.5 Å². The first kappa shape index (κ1) is 20.3. The van der Waals surface area contributed by atoms with Crippen LogP contribution in [0.3, 0.4) is 0 Å². The highest BCUT2D eigenvalue weighted by Gasteiger charge is 2.12. The summed E-state index contributed by atoms with van der Waals surface area (Å²) < 4.78 is 2.46. The van der Waals surface area contributed by atoms with Crippen molar-refractivity contribution in [2.75, 3.05) is 0 Å². The van der Waals surface area contributed by atoms with E-state index in [2.05, 4.69) is 17.4 Å². The first-order valence-corrected chi connectivity index (χ1v) is 9.67. The zero-order chi connectivity index (χ0) is 20.8. The van der Waals surface area contributed by atoms with Crippen LogP contribution in [0.2, 0.25) is 0 Å². The Morgan fingerprint density at radius 1 is 0.966 bits per heavy atom. The third-order valence-corrected chi connectivity index (χ3v) is 4.86. The van der Waals surface area contributed by atoms with E-state index in [1.54, 1.807) is 6.07 Å². The molecule has 6 nitrogen and oxygen atoms in total. The molecule has 29 heavy (non-hydrogen) atoms. The van der Waals surface area contributed by atoms with Crippen molar-refractivity contribution in [3.05, 3.63) is 98.8 Å². The Hall–Kier alpha value is -3.41. The molecule has 1 heterocycles. The molecule has 1 N–H and O–H groups in total. The second kappa shape index (κ2) is 9.19. The molecular formula is C23H25N3O3. The number of nitrogens with zero attached hydrogens (tertiary/aromatic N) is 2. The molecule has 0 saturated heterocycles. The van der Waals surface area contributed by atoms with Gasteiger partial charge in [0.25, 0.3) is 0 Å². The second-order valence-electron chi connectivity index (χ2n) is 7.19. The minimum absolute atomic E-state index is 0.0363. The van der Waals surface area contributed by atoms with Crippen LogP contribution in [-0.4, -0.2) is 21.1 Å². The number of carbonyl (C=O) groups excluding carboxylic acids is 1. The van der Waals surface area contributed by atoms with Crippen LogP contribution in [0.25, 0.3) is 5.69 Å². The zero-order valence-corrected chi connectivity index (χ0v) is 16.7. The van der Waals surface area contributed by atoms with E-state index in [1.165, 1.54) is 22.5 Å². The highest BCUT2D eigenvalue weighted by molar-refractivity contribution is 5.76. The van der Waals surface area contributed by atoms with Crippen LogP contribution in [0.5, 0.6) is 0 Å². The van der Waals surface area contributed by atoms with Crippen molar-refractivity contribution < 1.29 is 4.79 Å². The highest BCUT2D eigenvalue weighted by Crippen LogP contribution is 2.10. The fourth-order valence-electron chi connectivity index (χ4n) is 3.23. The van der Waals surface area contributed by atoms with Crippen molar-refractivity contribution in [3.8, 4) is 5.69 Å². The van der Waals surface area contributed by atoms with Gasteiger partial charge in [-0.2, -0.15) is 0 Å². The van der Waals surface area contributed by atoms with E-state index in [0.29, 0.717) is 5.69 Å². The van der Waals surface area contributed by atoms with Gasteiger partial charge in [0.1, 0.15) is 6.54 Å². The van der Waals surface area contributed by atoms with Crippen LogP contribution in [0.1, 0.15) is 24.5 Å². The fourth-order valence-corrected chi connectivity index (χ4v) is 3.23. The molecule has 3 rings (SSSR count). The van der Waals surface area contributed by atoms with Gasteiger partial charge < -0.3 is 5.32 Å². The molecule has 3 aromatic rings. The third-order valence-electron chi connectivity index (χ3n) is 4.86. The molecule has 0 aliphatic rings. The Kier molecular flexibility index (Phi) is 6.44. The van der Waals surface area contributed by atoms with E-state index in [-0.39, 0.29) is 18.5 Å². The number of para-hydroxylation sites is 1. The normalized spacial score (nSPS) is 11.8. The van der Waals surface area contributed by atoms with E-state index >= 15 is 0 Å². The molecule has 0 radical (unpaired) electrons. The maximum Gasteiger partial charge on any atom is 0.320 e. The Morgan fingerprint density at radius 3 is 2.38 bits per heavy atom. The van der Waals surface area contributed by atoms with Gasteiger partial charge >= 0.3 is 11.1 Å². The predicted octanol–water partition coefficient (Wildman–Crippen LogP) is 2.45. The van der Waals surface area contributed by atoms with Crippen molar-refractivity contribution in [3.63, 3.8) is 0 Å². The van der Waals surface area contributed by atoms with Crippen LogP contribution < -0.4 is 16.4 Å². The van der Waals surface area contributed by atoms with E-state index in [1.807, 2.05) is 50.2 Å². The number of hydrogen-bond acceptors (Lipinski definition) is 3. The molecule has 1 atom stereocenters. The average Bonchev–Trinajstić information content (AvgIpc) is 2.72. The maximum atomic E-state index is 12.5. The standard InChI is InChI=1S/C23H25N3O3/c1-17-8-6-7-11-20(17)26-15-14-25(22(28)23(26)29)16-21(27)24-18(2)12-13-19-9-4-3-5-10-19/h3-11,14-15,18H,12-13,16H2,1-2H3,(H,24,27)/t18-/m1/s1. The van der Waals surface area contributed by atoms with Gasteiger partial charge in [0, 0.05) is 18.4 Å². The monoisotopic (exact) mass is 391 g/mol. The third kappa shape index (κ3) is 5.10. The summed E-state index contributed by atoms with van der Waals surface area (Å²) in [5.41, 5.74) is 1.36. The van der Waals surface area contributed by atoms with E-state index in [9.17, 15) is 14.4 Å². The first-order valence-electron chi connectivity index (χ1n) is 9.67. The lowest BCUT2D eigenvalue weighted by Crippen LogP contribution is -2.44. The van der Waals surface area contributed by atoms with E-state index in [4.69, 9.17) is 0 Å². The summed E-state index contributed by atoms with van der Waals surface area (Å²) in [5, 5.41) is 2.89. The molecule has 0 aliphatic heterocycles. The highest BCUT2D eigenvalue weighted by atomic mass is 16.2. The summed E-state index contributed by atoms with van der Waals surface area (Å²) in [6, 6.07) is 17.4. The summed E-state index contributed by atoms with van der Waals surface area (Å²) in [6.45, 7) is 3.62. The quantitative estimate of drug-likeness (QED) is 0.629. The lowest BCUT2D eigenvalue weighted by atomic mass is 10.1. The van der Waals surface area contributed by atoms with Gasteiger partial charge in [-0.15, -0.1) is 0 Å². The summed E-state index contributed by atoms with van der Waals surface area (Å²) in [4.78, 5) is 37.3. The minimum atomic E-state index is -0.720. The molecule has 2 aromatic carbocycles. The number of aryl methyl sites for hydroxylation is 2. The van der Waals surface area contributed by atoms with E-state index < -0.39 is 11.1 Å². The van der Waals surface area contributed by atoms with Crippen LogP contribution >= 0.6 is 0 Å². The van der Waals surface area contributed by atoms with Crippen molar-refractivity contribution in [1.82, 2.24) is 14.5 Å². The van der Waals surface area contributed by atoms with Gasteiger partial charge in [-0.05, 0) is 43.9 Å². The topological polar surface area (TPSA) is 73.1 Å². The molecule has 0 aliphatic carbocycles. The van der Waals surface area contributed by atoms with Gasteiger partial charge in [-0.1, -0.05) is 48.5 Å². The molecule has 0 bridgehead atoms. The number of benzene rings is 2. The number of hydrogen-bond donors (Lipinski definition) is 1. The Balaban J connectivity index is 1.65. The van der Waals surface area contributed by atoms with Crippen molar-refractivity contribution >= 4 is 5.91 Å². The summed E-state index contributed by atoms with van der Waals surface area (Å²) in [6.07, 6.45) is 4.65. The minimum Gasteiger partial charge on any atom is -0.352 e. The number of aromatic nitrogens is 2. The molecule has 1 amide bonds. The average molecular weight is 391 g/mol. The van der Waals surface area contributed by atoms with Gasteiger partial charge in [0.2, 0.25) is 5.91 Å². The number of nitrogens with one attached hydrogen (secondary N) is 1. The molecule has 0 unspecified atom stereocenters.